The van der Waals surface area contributed by atoms with Crippen molar-refractivity contribution in [2.75, 3.05) is 6.54 Å². The van der Waals surface area contributed by atoms with Crippen molar-refractivity contribution < 1.29 is 5.11 Å². The number of hydrogen-bond donors (Lipinski definition) is 2. The molecule has 1 fully saturated rings. The molecule has 2 aromatic carbocycles. The lowest BCUT2D eigenvalue weighted by Gasteiger charge is -2.27. The van der Waals surface area contributed by atoms with Gasteiger partial charge in [0, 0.05) is 6.54 Å². The second-order valence-corrected chi connectivity index (χ2v) is 4.96. The summed E-state index contributed by atoms with van der Waals surface area (Å²) >= 11 is 0. The third-order valence-corrected chi connectivity index (χ3v) is 3.81. The molecule has 0 spiro atoms. The molecule has 2 aromatic rings. The van der Waals surface area contributed by atoms with Crippen LogP contribution in [-0.2, 0) is 5.60 Å². The molecular formula is C15H17NO. The molecule has 0 aliphatic heterocycles. The maximum Gasteiger partial charge on any atom is 0.105 e. The second kappa shape index (κ2) is 3.83. The van der Waals surface area contributed by atoms with E-state index < -0.39 is 5.60 Å². The molecule has 0 amide bonds. The summed E-state index contributed by atoms with van der Waals surface area (Å²) in [6, 6.07) is 14.3. The topological polar surface area (TPSA) is 46.2 Å². The lowest BCUT2D eigenvalue weighted by molar-refractivity contribution is 0.0223. The highest BCUT2D eigenvalue weighted by Crippen LogP contribution is 2.45. The Hall–Kier alpha value is -1.38. The van der Waals surface area contributed by atoms with E-state index in [0.717, 1.165) is 23.8 Å². The minimum atomic E-state index is -0.829. The molecule has 1 aliphatic rings. The third kappa shape index (κ3) is 1.74. The number of benzene rings is 2. The van der Waals surface area contributed by atoms with Crippen molar-refractivity contribution in [3.05, 3.63) is 48.0 Å². The maximum atomic E-state index is 10.7. The first-order valence-electron chi connectivity index (χ1n) is 6.16. The Morgan fingerprint density at radius 1 is 1.12 bits per heavy atom. The van der Waals surface area contributed by atoms with E-state index in [1.54, 1.807) is 0 Å². The molecule has 2 heteroatoms. The summed E-state index contributed by atoms with van der Waals surface area (Å²) in [6.07, 6.45) is 2.17. The number of fused-ring (bicyclic) bond motifs is 1. The Morgan fingerprint density at radius 3 is 2.47 bits per heavy atom. The van der Waals surface area contributed by atoms with Crippen molar-refractivity contribution in [3.8, 4) is 0 Å². The van der Waals surface area contributed by atoms with E-state index in [9.17, 15) is 5.11 Å². The summed E-state index contributed by atoms with van der Waals surface area (Å²) in [7, 11) is 0. The van der Waals surface area contributed by atoms with Gasteiger partial charge in [-0.25, -0.2) is 0 Å². The molecule has 1 unspecified atom stereocenters. The van der Waals surface area contributed by atoms with Crippen LogP contribution in [0, 0.1) is 5.92 Å². The van der Waals surface area contributed by atoms with E-state index in [2.05, 4.69) is 24.3 Å². The molecule has 1 aliphatic carbocycles. The lowest BCUT2D eigenvalue weighted by Crippen LogP contribution is -2.37. The van der Waals surface area contributed by atoms with Crippen LogP contribution >= 0.6 is 0 Å². The van der Waals surface area contributed by atoms with Crippen LogP contribution in [0.2, 0.25) is 0 Å². The molecule has 17 heavy (non-hydrogen) atoms. The van der Waals surface area contributed by atoms with Crippen LogP contribution < -0.4 is 5.73 Å². The van der Waals surface area contributed by atoms with Gasteiger partial charge in [-0.1, -0.05) is 36.4 Å². The fourth-order valence-electron chi connectivity index (χ4n) is 2.54. The number of aliphatic hydroxyl groups is 1. The monoisotopic (exact) mass is 227 g/mol. The van der Waals surface area contributed by atoms with Gasteiger partial charge in [-0.05, 0) is 41.2 Å². The molecule has 0 heterocycles. The number of rotatable bonds is 3. The fraction of sp³-hybridized carbons (Fsp3) is 0.333. The van der Waals surface area contributed by atoms with Crippen LogP contribution in [0.4, 0.5) is 0 Å². The molecule has 2 nitrogen and oxygen atoms in total. The van der Waals surface area contributed by atoms with Gasteiger partial charge in [-0.2, -0.15) is 0 Å². The summed E-state index contributed by atoms with van der Waals surface area (Å²) in [5.74, 6) is 0.341. The van der Waals surface area contributed by atoms with Crippen molar-refractivity contribution in [1.29, 1.82) is 0 Å². The summed E-state index contributed by atoms with van der Waals surface area (Å²) in [4.78, 5) is 0. The normalized spacial score (nSPS) is 19.2. The van der Waals surface area contributed by atoms with E-state index in [4.69, 9.17) is 5.73 Å². The molecule has 1 saturated carbocycles. The first kappa shape index (κ1) is 10.8. The summed E-state index contributed by atoms with van der Waals surface area (Å²) in [6.45, 7) is 0.302. The fourth-order valence-corrected chi connectivity index (χ4v) is 2.54. The molecular weight excluding hydrogens is 210 g/mol. The largest absolute Gasteiger partial charge is 0.384 e. The van der Waals surface area contributed by atoms with Crippen molar-refractivity contribution in [2.45, 2.75) is 18.4 Å². The summed E-state index contributed by atoms with van der Waals surface area (Å²) in [5, 5.41) is 13.0. The maximum absolute atomic E-state index is 10.7. The van der Waals surface area contributed by atoms with E-state index in [1.807, 2.05) is 18.2 Å². The van der Waals surface area contributed by atoms with Gasteiger partial charge in [0.05, 0.1) is 0 Å². The highest BCUT2D eigenvalue weighted by Gasteiger charge is 2.44. The summed E-state index contributed by atoms with van der Waals surface area (Å²) < 4.78 is 0. The third-order valence-electron chi connectivity index (χ3n) is 3.81. The molecule has 88 valence electrons. The lowest BCUT2D eigenvalue weighted by atomic mass is 9.87. The molecule has 3 N–H and O–H groups in total. The molecule has 0 saturated heterocycles. The molecule has 3 rings (SSSR count). The highest BCUT2D eigenvalue weighted by molar-refractivity contribution is 5.83. The number of hydrogen-bond acceptors (Lipinski definition) is 2. The standard InChI is InChI=1S/C15H17NO/c16-10-15(17,13-7-8-13)14-6-5-11-3-1-2-4-12(11)9-14/h1-6,9,13,17H,7-8,10,16H2. The minimum absolute atomic E-state index is 0.302. The predicted octanol–water partition coefficient (Wildman–Crippen LogP) is 2.40. The van der Waals surface area contributed by atoms with Crippen molar-refractivity contribution >= 4 is 10.8 Å². The van der Waals surface area contributed by atoms with Gasteiger partial charge in [0.1, 0.15) is 5.60 Å². The zero-order chi connectivity index (χ0) is 11.9. The first-order chi connectivity index (χ1) is 8.24. The van der Waals surface area contributed by atoms with Crippen LogP contribution in [0.1, 0.15) is 18.4 Å². The van der Waals surface area contributed by atoms with Gasteiger partial charge in [-0.3, -0.25) is 0 Å². The molecule has 0 bridgehead atoms. The van der Waals surface area contributed by atoms with E-state index in [-0.39, 0.29) is 0 Å². The Labute approximate surface area is 101 Å². The molecule has 1 atom stereocenters. The second-order valence-electron chi connectivity index (χ2n) is 4.96. The average molecular weight is 227 g/mol. The number of nitrogens with two attached hydrogens (primary N) is 1. The van der Waals surface area contributed by atoms with Crippen LogP contribution in [0.25, 0.3) is 10.8 Å². The van der Waals surface area contributed by atoms with E-state index in [0.29, 0.717) is 12.5 Å². The van der Waals surface area contributed by atoms with Gasteiger partial charge in [0.25, 0.3) is 0 Å². The Balaban J connectivity index is 2.10. The van der Waals surface area contributed by atoms with Crippen LogP contribution in [-0.4, -0.2) is 11.7 Å². The zero-order valence-electron chi connectivity index (χ0n) is 9.76. The van der Waals surface area contributed by atoms with Gasteiger partial charge < -0.3 is 10.8 Å². The van der Waals surface area contributed by atoms with Gasteiger partial charge in [-0.15, -0.1) is 0 Å². The van der Waals surface area contributed by atoms with Crippen molar-refractivity contribution in [3.63, 3.8) is 0 Å². The van der Waals surface area contributed by atoms with E-state index in [1.165, 1.54) is 5.39 Å². The quantitative estimate of drug-likeness (QED) is 0.845. The smallest absolute Gasteiger partial charge is 0.105 e. The molecule has 0 radical (unpaired) electrons. The Kier molecular flexibility index (Phi) is 2.42. The van der Waals surface area contributed by atoms with Crippen molar-refractivity contribution in [1.82, 2.24) is 0 Å². The predicted molar refractivity (Wildman–Crippen MR) is 69.6 cm³/mol. The average Bonchev–Trinajstić information content (AvgIpc) is 3.22. The zero-order valence-corrected chi connectivity index (χ0v) is 9.76. The van der Waals surface area contributed by atoms with Gasteiger partial charge >= 0.3 is 0 Å². The van der Waals surface area contributed by atoms with Crippen LogP contribution in [0.5, 0.6) is 0 Å². The highest BCUT2D eigenvalue weighted by atomic mass is 16.3. The Morgan fingerprint density at radius 2 is 1.82 bits per heavy atom. The van der Waals surface area contributed by atoms with Gasteiger partial charge in [0.15, 0.2) is 0 Å². The first-order valence-corrected chi connectivity index (χ1v) is 6.16. The Bertz CT molecular complexity index is 547. The van der Waals surface area contributed by atoms with E-state index >= 15 is 0 Å². The minimum Gasteiger partial charge on any atom is -0.384 e. The van der Waals surface area contributed by atoms with Crippen LogP contribution in [0.3, 0.4) is 0 Å². The van der Waals surface area contributed by atoms with Crippen LogP contribution in [0.15, 0.2) is 42.5 Å². The van der Waals surface area contributed by atoms with Crippen molar-refractivity contribution in [2.24, 2.45) is 11.7 Å². The van der Waals surface area contributed by atoms with Gasteiger partial charge in [0.2, 0.25) is 0 Å². The SMILES string of the molecule is NCC(O)(c1ccc2ccccc2c1)C1CC1. The summed E-state index contributed by atoms with van der Waals surface area (Å²) in [5.41, 5.74) is 5.90. The molecule has 0 aromatic heterocycles.